The minimum absolute atomic E-state index is 0.0198. The van der Waals surface area contributed by atoms with E-state index in [-0.39, 0.29) is 11.9 Å². The van der Waals surface area contributed by atoms with Gasteiger partial charge in [-0.2, -0.15) is 0 Å². The monoisotopic (exact) mass is 268 g/mol. The number of halogens is 1. The van der Waals surface area contributed by atoms with Crippen molar-refractivity contribution in [1.29, 1.82) is 0 Å². The third-order valence-electron chi connectivity index (χ3n) is 2.49. The van der Waals surface area contributed by atoms with Crippen molar-refractivity contribution in [3.63, 3.8) is 0 Å². The number of carbonyl (C=O) groups is 1. The van der Waals surface area contributed by atoms with E-state index in [4.69, 9.17) is 0 Å². The van der Waals surface area contributed by atoms with Crippen molar-refractivity contribution in [3.8, 4) is 0 Å². The van der Waals surface area contributed by atoms with E-state index in [0.717, 1.165) is 29.5 Å². The molecule has 0 unspecified atom stereocenters. The molecule has 0 bridgehead atoms. The second-order valence-electron chi connectivity index (χ2n) is 3.65. The molecule has 1 fully saturated rings. The lowest BCUT2D eigenvalue weighted by molar-refractivity contribution is -0.117. The molecule has 2 N–H and O–H groups in total. The number of hydrogen-bond donors (Lipinski definition) is 2. The molecule has 1 saturated heterocycles. The Hall–Kier alpha value is -0.870. The maximum Gasteiger partial charge on any atom is 0.241 e. The molecule has 1 aliphatic rings. The summed E-state index contributed by atoms with van der Waals surface area (Å²) in [5, 5.41) is 6.06. The summed E-state index contributed by atoms with van der Waals surface area (Å²) in [6.45, 7) is 0.943. The van der Waals surface area contributed by atoms with E-state index in [1.54, 1.807) is 0 Å². The molecule has 80 valence electrons. The maximum absolute atomic E-state index is 11.7. The molecule has 1 atom stereocenters. The lowest BCUT2D eigenvalue weighted by Crippen LogP contribution is -2.35. The first kappa shape index (κ1) is 10.6. The summed E-state index contributed by atoms with van der Waals surface area (Å²) in [5.41, 5.74) is 0.844. The molecule has 1 amide bonds. The second kappa shape index (κ2) is 4.77. The topological polar surface area (TPSA) is 41.1 Å². The van der Waals surface area contributed by atoms with E-state index in [2.05, 4.69) is 26.6 Å². The van der Waals surface area contributed by atoms with E-state index in [9.17, 15) is 4.79 Å². The molecular formula is C11H13BrN2O. The third kappa shape index (κ3) is 2.79. The van der Waals surface area contributed by atoms with Crippen molar-refractivity contribution >= 4 is 27.5 Å². The summed E-state index contributed by atoms with van der Waals surface area (Å²) < 4.78 is 1.01. The van der Waals surface area contributed by atoms with Gasteiger partial charge in [0.05, 0.1) is 6.04 Å². The molecule has 1 aromatic carbocycles. The van der Waals surface area contributed by atoms with Crippen LogP contribution in [0.2, 0.25) is 0 Å². The molecule has 1 aliphatic heterocycles. The van der Waals surface area contributed by atoms with Crippen LogP contribution in [-0.4, -0.2) is 18.5 Å². The highest BCUT2D eigenvalue weighted by atomic mass is 79.9. The molecule has 0 aliphatic carbocycles. The first-order valence-corrected chi connectivity index (χ1v) is 5.85. The summed E-state index contributed by atoms with van der Waals surface area (Å²) in [4.78, 5) is 11.7. The van der Waals surface area contributed by atoms with E-state index >= 15 is 0 Å². The average Bonchev–Trinajstić information content (AvgIpc) is 2.74. The zero-order valence-electron chi connectivity index (χ0n) is 8.29. The van der Waals surface area contributed by atoms with E-state index in [1.165, 1.54) is 0 Å². The first-order valence-electron chi connectivity index (χ1n) is 5.05. The fraction of sp³-hybridized carbons (Fsp3) is 0.364. The number of rotatable bonds is 2. The van der Waals surface area contributed by atoms with Crippen molar-refractivity contribution in [2.45, 2.75) is 18.9 Å². The van der Waals surface area contributed by atoms with Crippen molar-refractivity contribution in [1.82, 2.24) is 5.32 Å². The van der Waals surface area contributed by atoms with E-state index < -0.39 is 0 Å². The van der Waals surface area contributed by atoms with Gasteiger partial charge in [0.1, 0.15) is 0 Å². The van der Waals surface area contributed by atoms with Crippen molar-refractivity contribution in [2.24, 2.45) is 0 Å². The summed E-state index contributed by atoms with van der Waals surface area (Å²) in [5.74, 6) is 0.0647. The van der Waals surface area contributed by atoms with E-state index in [0.29, 0.717) is 0 Å². The van der Waals surface area contributed by atoms with Gasteiger partial charge >= 0.3 is 0 Å². The molecule has 0 spiro atoms. The Balaban J connectivity index is 1.96. The second-order valence-corrected chi connectivity index (χ2v) is 4.56. The van der Waals surface area contributed by atoms with Gasteiger partial charge in [-0.25, -0.2) is 0 Å². The summed E-state index contributed by atoms with van der Waals surface area (Å²) in [6.07, 6.45) is 2.01. The van der Waals surface area contributed by atoms with Gasteiger partial charge in [0, 0.05) is 10.2 Å². The lowest BCUT2D eigenvalue weighted by atomic mass is 10.2. The standard InChI is InChI=1S/C11H13BrN2O/c12-8-3-5-9(6-4-8)14-11(15)10-2-1-7-13-10/h3-6,10,13H,1-2,7H2,(H,14,15)/t10-/m0/s1. The molecule has 1 heterocycles. The number of nitrogens with one attached hydrogen (secondary N) is 2. The predicted molar refractivity (Wildman–Crippen MR) is 63.8 cm³/mol. The maximum atomic E-state index is 11.7. The third-order valence-corrected chi connectivity index (χ3v) is 3.02. The van der Waals surface area contributed by atoms with Crippen molar-refractivity contribution in [3.05, 3.63) is 28.7 Å². The zero-order valence-corrected chi connectivity index (χ0v) is 9.88. The van der Waals surface area contributed by atoms with Gasteiger partial charge in [0.2, 0.25) is 5.91 Å². The van der Waals surface area contributed by atoms with Gasteiger partial charge < -0.3 is 10.6 Å². The Bertz CT molecular complexity index is 344. The fourth-order valence-electron chi connectivity index (χ4n) is 1.67. The Morgan fingerprint density at radius 1 is 1.40 bits per heavy atom. The smallest absolute Gasteiger partial charge is 0.241 e. The number of carbonyl (C=O) groups excluding carboxylic acids is 1. The molecule has 0 radical (unpaired) electrons. The Morgan fingerprint density at radius 2 is 2.13 bits per heavy atom. The lowest BCUT2D eigenvalue weighted by Gasteiger charge is -2.10. The van der Waals surface area contributed by atoms with Crippen molar-refractivity contribution < 1.29 is 4.79 Å². The SMILES string of the molecule is O=C(Nc1ccc(Br)cc1)[C@@H]1CCCN1. The Labute approximate surface area is 97.4 Å². The van der Waals surface area contributed by atoms with Gasteiger partial charge in [-0.3, -0.25) is 4.79 Å². The normalized spacial score (nSPS) is 20.2. The van der Waals surface area contributed by atoms with Gasteiger partial charge in [-0.05, 0) is 43.7 Å². The van der Waals surface area contributed by atoms with Crippen LogP contribution in [0.15, 0.2) is 28.7 Å². The molecular weight excluding hydrogens is 256 g/mol. The molecule has 0 saturated carbocycles. The Morgan fingerprint density at radius 3 is 2.73 bits per heavy atom. The molecule has 4 heteroatoms. The van der Waals surface area contributed by atoms with Crippen molar-refractivity contribution in [2.75, 3.05) is 11.9 Å². The average molecular weight is 269 g/mol. The van der Waals surface area contributed by atoms with Crippen LogP contribution in [0.25, 0.3) is 0 Å². The first-order chi connectivity index (χ1) is 7.25. The molecule has 1 aromatic rings. The molecule has 2 rings (SSSR count). The van der Waals surface area contributed by atoms with Crippen LogP contribution in [0.3, 0.4) is 0 Å². The zero-order chi connectivity index (χ0) is 10.7. The Kier molecular flexibility index (Phi) is 3.38. The van der Waals surface area contributed by atoms with Crippen LogP contribution in [-0.2, 0) is 4.79 Å². The summed E-state index contributed by atoms with van der Waals surface area (Å²) in [6, 6.07) is 7.58. The largest absolute Gasteiger partial charge is 0.325 e. The minimum Gasteiger partial charge on any atom is -0.325 e. The van der Waals surface area contributed by atoms with Gasteiger partial charge in [-0.1, -0.05) is 15.9 Å². The minimum atomic E-state index is -0.0198. The van der Waals surface area contributed by atoms with Gasteiger partial charge in [0.25, 0.3) is 0 Å². The van der Waals surface area contributed by atoms with Crippen LogP contribution in [0.5, 0.6) is 0 Å². The number of anilines is 1. The van der Waals surface area contributed by atoms with E-state index in [1.807, 2.05) is 24.3 Å². The molecule has 3 nitrogen and oxygen atoms in total. The van der Waals surface area contributed by atoms with Crippen LogP contribution < -0.4 is 10.6 Å². The van der Waals surface area contributed by atoms with Gasteiger partial charge in [0.15, 0.2) is 0 Å². The number of hydrogen-bond acceptors (Lipinski definition) is 2. The highest BCUT2D eigenvalue weighted by Gasteiger charge is 2.21. The van der Waals surface area contributed by atoms with Crippen LogP contribution in [0.4, 0.5) is 5.69 Å². The quantitative estimate of drug-likeness (QED) is 0.863. The van der Waals surface area contributed by atoms with Gasteiger partial charge in [-0.15, -0.1) is 0 Å². The number of amides is 1. The fourth-order valence-corrected chi connectivity index (χ4v) is 1.94. The molecule has 15 heavy (non-hydrogen) atoms. The summed E-state index contributed by atoms with van der Waals surface area (Å²) >= 11 is 3.35. The van der Waals surface area contributed by atoms with Crippen LogP contribution in [0, 0.1) is 0 Å². The highest BCUT2D eigenvalue weighted by Crippen LogP contribution is 2.15. The van der Waals surface area contributed by atoms with Crippen LogP contribution in [0.1, 0.15) is 12.8 Å². The van der Waals surface area contributed by atoms with Crippen LogP contribution >= 0.6 is 15.9 Å². The predicted octanol–water partition coefficient (Wildman–Crippen LogP) is 2.14. The number of benzene rings is 1. The highest BCUT2D eigenvalue weighted by molar-refractivity contribution is 9.10. The molecule has 0 aromatic heterocycles. The summed E-state index contributed by atoms with van der Waals surface area (Å²) in [7, 11) is 0.